The van der Waals surface area contributed by atoms with Crippen molar-refractivity contribution in [3.8, 4) is 0 Å². The molecule has 0 atom stereocenters. The van der Waals surface area contributed by atoms with Gasteiger partial charge in [0, 0.05) is 56.2 Å². The van der Waals surface area contributed by atoms with Crippen molar-refractivity contribution in [3.05, 3.63) is 54.1 Å². The molecule has 7 nitrogen and oxygen atoms in total. The lowest BCUT2D eigenvalue weighted by atomic mass is 10.2. The van der Waals surface area contributed by atoms with Gasteiger partial charge in [0.15, 0.2) is 0 Å². The molecule has 1 N–H and O–H groups in total. The molecule has 2 fully saturated rings. The van der Waals surface area contributed by atoms with Crippen LogP contribution in [0.4, 0.5) is 11.4 Å². The summed E-state index contributed by atoms with van der Waals surface area (Å²) in [6, 6.07) is 14.1. The molecule has 2 heterocycles. The van der Waals surface area contributed by atoms with Crippen molar-refractivity contribution in [2.45, 2.75) is 17.7 Å². The van der Waals surface area contributed by atoms with Gasteiger partial charge in [-0.2, -0.15) is 4.31 Å². The van der Waals surface area contributed by atoms with Gasteiger partial charge in [-0.1, -0.05) is 6.07 Å². The Morgan fingerprint density at radius 2 is 1.57 bits per heavy atom. The third kappa shape index (κ3) is 4.50. The fourth-order valence-corrected chi connectivity index (χ4v) is 5.38. The van der Waals surface area contributed by atoms with E-state index in [4.69, 9.17) is 0 Å². The van der Waals surface area contributed by atoms with Gasteiger partial charge in [-0.05, 0) is 62.4 Å². The van der Waals surface area contributed by atoms with Crippen molar-refractivity contribution in [3.63, 3.8) is 0 Å². The Kier molecular flexibility index (Phi) is 6.08. The summed E-state index contributed by atoms with van der Waals surface area (Å²) < 4.78 is 27.4. The maximum absolute atomic E-state index is 13.0. The molecular weight excluding hydrogens is 400 g/mol. The predicted octanol–water partition coefficient (Wildman–Crippen LogP) is 2.48. The van der Waals surface area contributed by atoms with Gasteiger partial charge < -0.3 is 15.1 Å². The van der Waals surface area contributed by atoms with Crippen LogP contribution in [0.2, 0.25) is 0 Å². The number of rotatable bonds is 5. The average molecular weight is 429 g/mol. The topological polar surface area (TPSA) is 73.0 Å². The summed E-state index contributed by atoms with van der Waals surface area (Å²) >= 11 is 0. The monoisotopic (exact) mass is 428 g/mol. The maximum Gasteiger partial charge on any atom is 0.255 e. The molecule has 2 aromatic rings. The second-order valence-corrected chi connectivity index (χ2v) is 9.87. The van der Waals surface area contributed by atoms with Gasteiger partial charge in [0.2, 0.25) is 10.0 Å². The number of carbonyl (C=O) groups excluding carboxylic acids is 1. The van der Waals surface area contributed by atoms with E-state index in [0.29, 0.717) is 37.4 Å². The van der Waals surface area contributed by atoms with Gasteiger partial charge in [-0.25, -0.2) is 8.42 Å². The van der Waals surface area contributed by atoms with Crippen molar-refractivity contribution in [1.82, 2.24) is 9.21 Å². The van der Waals surface area contributed by atoms with E-state index in [9.17, 15) is 13.2 Å². The quantitative estimate of drug-likeness (QED) is 0.792. The molecule has 2 aromatic carbocycles. The van der Waals surface area contributed by atoms with Gasteiger partial charge in [0.05, 0.1) is 4.90 Å². The first kappa shape index (κ1) is 20.8. The first-order valence-corrected chi connectivity index (χ1v) is 11.8. The van der Waals surface area contributed by atoms with E-state index in [-0.39, 0.29) is 10.8 Å². The highest BCUT2D eigenvalue weighted by Gasteiger charge is 2.28. The number of nitrogens with one attached hydrogen (secondary N) is 1. The highest BCUT2D eigenvalue weighted by atomic mass is 32.2. The van der Waals surface area contributed by atoms with Gasteiger partial charge in [-0.15, -0.1) is 0 Å². The molecule has 1 amide bonds. The van der Waals surface area contributed by atoms with Gasteiger partial charge in [0.1, 0.15) is 0 Å². The third-order valence-electron chi connectivity index (χ3n) is 5.79. The van der Waals surface area contributed by atoms with E-state index in [0.717, 1.165) is 18.8 Å². The molecule has 2 aliphatic rings. The highest BCUT2D eigenvalue weighted by Crippen LogP contribution is 2.23. The minimum atomic E-state index is -3.61. The Morgan fingerprint density at radius 3 is 2.23 bits per heavy atom. The average Bonchev–Trinajstić information content (AvgIpc) is 3.30. The van der Waals surface area contributed by atoms with Crippen LogP contribution in [0.15, 0.2) is 53.4 Å². The van der Waals surface area contributed by atoms with Gasteiger partial charge in [0.25, 0.3) is 5.91 Å². The van der Waals surface area contributed by atoms with E-state index in [1.54, 1.807) is 18.2 Å². The van der Waals surface area contributed by atoms with Crippen LogP contribution in [0.3, 0.4) is 0 Å². The Morgan fingerprint density at radius 1 is 0.900 bits per heavy atom. The van der Waals surface area contributed by atoms with Crippen LogP contribution in [0.5, 0.6) is 0 Å². The van der Waals surface area contributed by atoms with Crippen molar-refractivity contribution in [2.24, 2.45) is 0 Å². The molecule has 2 aliphatic heterocycles. The third-order valence-corrected chi connectivity index (χ3v) is 7.69. The lowest BCUT2D eigenvalue weighted by Gasteiger charge is -2.31. The summed E-state index contributed by atoms with van der Waals surface area (Å²) in [5.74, 6) is -0.320. The second-order valence-electron chi connectivity index (χ2n) is 7.93. The number of hydrogen-bond donors (Lipinski definition) is 1. The summed E-state index contributed by atoms with van der Waals surface area (Å²) in [7, 11) is -1.63. The van der Waals surface area contributed by atoms with E-state index in [2.05, 4.69) is 15.1 Å². The Hall–Kier alpha value is -2.42. The van der Waals surface area contributed by atoms with Crippen LogP contribution < -0.4 is 10.2 Å². The van der Waals surface area contributed by atoms with Gasteiger partial charge >= 0.3 is 0 Å². The smallest absolute Gasteiger partial charge is 0.255 e. The zero-order valence-corrected chi connectivity index (χ0v) is 18.1. The number of nitrogens with zero attached hydrogens (tertiary/aromatic N) is 3. The normalized spacial score (nSPS) is 18.5. The summed E-state index contributed by atoms with van der Waals surface area (Å²) in [6.45, 7) is 4.46. The number of piperazine rings is 1. The van der Waals surface area contributed by atoms with E-state index in [1.807, 2.05) is 31.3 Å². The first-order valence-electron chi connectivity index (χ1n) is 10.4. The molecule has 4 rings (SSSR count). The summed E-state index contributed by atoms with van der Waals surface area (Å²) in [5, 5.41) is 2.87. The molecule has 0 aliphatic carbocycles. The molecule has 2 saturated heterocycles. The van der Waals surface area contributed by atoms with Crippen LogP contribution in [-0.2, 0) is 10.0 Å². The fourth-order valence-electron chi connectivity index (χ4n) is 3.91. The fraction of sp³-hybridized carbons (Fsp3) is 0.409. The zero-order chi connectivity index (χ0) is 21.1. The minimum Gasteiger partial charge on any atom is -0.372 e. The van der Waals surface area contributed by atoms with Crippen molar-refractivity contribution >= 4 is 27.3 Å². The molecule has 0 unspecified atom stereocenters. The number of hydrogen-bond acceptors (Lipinski definition) is 5. The summed E-state index contributed by atoms with van der Waals surface area (Å²) in [6.07, 6.45) is 2.43. The SMILES string of the molecule is CN1CCN(S(=O)(=O)c2cccc(C(=O)Nc3ccc(N4CCCC4)cc3)c2)CC1. The minimum absolute atomic E-state index is 0.157. The summed E-state index contributed by atoms with van der Waals surface area (Å²) in [5.41, 5.74) is 2.18. The highest BCUT2D eigenvalue weighted by molar-refractivity contribution is 7.89. The molecule has 0 spiro atoms. The molecule has 0 aromatic heterocycles. The number of carbonyl (C=O) groups is 1. The number of amides is 1. The van der Waals surface area contributed by atoms with E-state index < -0.39 is 10.0 Å². The lowest BCUT2D eigenvalue weighted by Crippen LogP contribution is -2.47. The second kappa shape index (κ2) is 8.75. The molecule has 0 bridgehead atoms. The molecule has 0 saturated carbocycles. The first-order chi connectivity index (χ1) is 14.4. The summed E-state index contributed by atoms with van der Waals surface area (Å²) in [4.78, 5) is 17.3. The zero-order valence-electron chi connectivity index (χ0n) is 17.3. The molecule has 8 heteroatoms. The number of sulfonamides is 1. The Bertz CT molecular complexity index is 993. The molecule has 0 radical (unpaired) electrons. The molecular formula is C22H28N4O3S. The van der Waals surface area contributed by atoms with Crippen LogP contribution in [0.25, 0.3) is 0 Å². The van der Waals surface area contributed by atoms with Gasteiger partial charge in [-0.3, -0.25) is 4.79 Å². The van der Waals surface area contributed by atoms with E-state index >= 15 is 0 Å². The maximum atomic E-state index is 13.0. The number of likely N-dealkylation sites (N-methyl/N-ethyl adjacent to an activating group) is 1. The standard InChI is InChI=1S/C22H28N4O3S/c1-24-13-15-26(16-14-24)30(28,29)21-6-4-5-18(17-21)22(27)23-19-7-9-20(10-8-19)25-11-2-3-12-25/h4-10,17H,2-3,11-16H2,1H3,(H,23,27). The lowest BCUT2D eigenvalue weighted by molar-refractivity contribution is 0.102. The Balaban J connectivity index is 1.46. The van der Waals surface area contributed by atoms with Crippen LogP contribution in [-0.4, -0.2) is 69.8 Å². The van der Waals surface area contributed by atoms with Crippen LogP contribution in [0, 0.1) is 0 Å². The Labute approximate surface area is 178 Å². The largest absolute Gasteiger partial charge is 0.372 e. The predicted molar refractivity (Wildman–Crippen MR) is 119 cm³/mol. The molecule has 160 valence electrons. The van der Waals surface area contributed by atoms with Crippen molar-refractivity contribution in [2.75, 3.05) is 56.5 Å². The van der Waals surface area contributed by atoms with Crippen LogP contribution in [0.1, 0.15) is 23.2 Å². The van der Waals surface area contributed by atoms with Crippen molar-refractivity contribution < 1.29 is 13.2 Å². The van der Waals surface area contributed by atoms with Crippen LogP contribution >= 0.6 is 0 Å². The van der Waals surface area contributed by atoms with E-state index in [1.165, 1.54) is 23.2 Å². The number of benzene rings is 2. The number of anilines is 2. The molecule has 30 heavy (non-hydrogen) atoms. The van der Waals surface area contributed by atoms with Crippen molar-refractivity contribution in [1.29, 1.82) is 0 Å².